The first-order valence-corrected chi connectivity index (χ1v) is 10.00. The van der Waals surface area contributed by atoms with Crippen LogP contribution in [0.2, 0.25) is 0 Å². The second-order valence-electron chi connectivity index (χ2n) is 6.64. The van der Waals surface area contributed by atoms with E-state index in [9.17, 15) is 0 Å². The summed E-state index contributed by atoms with van der Waals surface area (Å²) in [6.07, 6.45) is -0.600. The van der Waals surface area contributed by atoms with Gasteiger partial charge in [0.25, 0.3) is 0 Å². The summed E-state index contributed by atoms with van der Waals surface area (Å²) in [4.78, 5) is 0. The zero-order chi connectivity index (χ0) is 20.4. The molecule has 1 aliphatic rings. The van der Waals surface area contributed by atoms with E-state index in [2.05, 4.69) is 45.5 Å². The van der Waals surface area contributed by atoms with Crippen molar-refractivity contribution < 1.29 is 18.9 Å². The molecule has 1 heterocycles. The Morgan fingerprint density at radius 2 is 1.52 bits per heavy atom. The number of anilines is 1. The van der Waals surface area contributed by atoms with E-state index in [1.165, 1.54) is 0 Å². The fraction of sp³-hybridized carbons (Fsp3) is 0.217. The maximum Gasteiger partial charge on any atom is 0.203 e. The Morgan fingerprint density at radius 1 is 0.828 bits per heavy atom. The zero-order valence-corrected chi connectivity index (χ0v) is 18.0. The molecule has 3 aromatic rings. The van der Waals surface area contributed by atoms with Crippen molar-refractivity contribution in [2.45, 2.75) is 12.3 Å². The van der Waals surface area contributed by atoms with Gasteiger partial charge in [0, 0.05) is 21.3 Å². The Bertz CT molecular complexity index is 984. The molecule has 0 saturated carbocycles. The predicted molar refractivity (Wildman–Crippen MR) is 116 cm³/mol. The summed E-state index contributed by atoms with van der Waals surface area (Å²) in [7, 11) is 4.81. The van der Waals surface area contributed by atoms with Gasteiger partial charge in [0.2, 0.25) is 5.75 Å². The summed E-state index contributed by atoms with van der Waals surface area (Å²) >= 11 is 3.57. The fourth-order valence-electron chi connectivity index (χ4n) is 3.57. The molecule has 0 spiro atoms. The summed E-state index contributed by atoms with van der Waals surface area (Å²) in [6, 6.07) is 20.2. The third kappa shape index (κ3) is 3.78. The third-order valence-electron chi connectivity index (χ3n) is 4.95. The highest BCUT2D eigenvalue weighted by Crippen LogP contribution is 2.45. The van der Waals surface area contributed by atoms with Gasteiger partial charge in [-0.05, 0) is 35.9 Å². The minimum atomic E-state index is -0.386. The average molecular weight is 456 g/mol. The van der Waals surface area contributed by atoms with Crippen LogP contribution in [0.25, 0.3) is 0 Å². The van der Waals surface area contributed by atoms with Crippen LogP contribution >= 0.6 is 15.9 Å². The van der Waals surface area contributed by atoms with Gasteiger partial charge in [-0.1, -0.05) is 46.3 Å². The molecule has 150 valence electrons. The second kappa shape index (κ2) is 8.35. The lowest BCUT2D eigenvalue weighted by Crippen LogP contribution is -2.25. The van der Waals surface area contributed by atoms with Crippen molar-refractivity contribution in [2.75, 3.05) is 26.6 Å². The molecule has 0 bridgehead atoms. The fourth-order valence-corrected chi connectivity index (χ4v) is 3.95. The molecule has 0 aromatic heterocycles. The first-order valence-electron chi connectivity index (χ1n) is 9.21. The van der Waals surface area contributed by atoms with Crippen molar-refractivity contribution in [3.63, 3.8) is 0 Å². The first kappa shape index (κ1) is 19.6. The lowest BCUT2D eigenvalue weighted by molar-refractivity contribution is 0.0154. The van der Waals surface area contributed by atoms with E-state index in [1.54, 1.807) is 21.3 Å². The van der Waals surface area contributed by atoms with E-state index in [4.69, 9.17) is 18.9 Å². The average Bonchev–Trinajstić information content (AvgIpc) is 2.77. The maximum atomic E-state index is 6.53. The zero-order valence-electron chi connectivity index (χ0n) is 16.4. The Balaban J connectivity index is 1.79. The van der Waals surface area contributed by atoms with E-state index in [0.29, 0.717) is 17.2 Å². The van der Waals surface area contributed by atoms with E-state index in [1.807, 2.05) is 36.4 Å². The Hall–Kier alpha value is -2.70. The number of rotatable bonds is 5. The van der Waals surface area contributed by atoms with Gasteiger partial charge in [-0.3, -0.25) is 0 Å². The minimum absolute atomic E-state index is 0.214. The van der Waals surface area contributed by atoms with Gasteiger partial charge < -0.3 is 24.3 Å². The molecular weight excluding hydrogens is 434 g/mol. The van der Waals surface area contributed by atoms with Crippen molar-refractivity contribution in [1.29, 1.82) is 0 Å². The molecule has 0 fully saturated rings. The summed E-state index contributed by atoms with van der Waals surface area (Å²) in [6.45, 7) is 0. The number of hydrogen-bond acceptors (Lipinski definition) is 5. The van der Waals surface area contributed by atoms with Crippen molar-refractivity contribution in [1.82, 2.24) is 0 Å². The van der Waals surface area contributed by atoms with Gasteiger partial charge in [-0.2, -0.15) is 0 Å². The van der Waals surface area contributed by atoms with Crippen LogP contribution in [0, 0.1) is 0 Å². The van der Waals surface area contributed by atoms with Crippen LogP contribution in [0.15, 0.2) is 65.1 Å². The number of halogens is 1. The molecule has 0 radical (unpaired) electrons. The standard InChI is InChI=1S/C23H22BrNO4/c1-26-19-11-15(12-20(27-2)22(19)28-3)23-25-18-10-9-16(24)13-17(18)21(29-23)14-7-5-4-6-8-14/h4-13,21,23,25H,1-3H3/t21-,23-/m1/s1. The monoisotopic (exact) mass is 455 g/mol. The molecule has 6 heteroatoms. The van der Waals surface area contributed by atoms with Gasteiger partial charge in [-0.25, -0.2) is 0 Å². The normalized spacial score (nSPS) is 17.8. The first-order chi connectivity index (χ1) is 14.1. The summed E-state index contributed by atoms with van der Waals surface area (Å²) < 4.78 is 24.0. The third-order valence-corrected chi connectivity index (χ3v) is 5.44. The van der Waals surface area contributed by atoms with Crippen LogP contribution in [0.3, 0.4) is 0 Å². The molecule has 2 atom stereocenters. The highest BCUT2D eigenvalue weighted by atomic mass is 79.9. The topological polar surface area (TPSA) is 49.0 Å². The van der Waals surface area contributed by atoms with Gasteiger partial charge in [0.1, 0.15) is 6.10 Å². The summed E-state index contributed by atoms with van der Waals surface area (Å²) in [5.41, 5.74) is 4.07. The van der Waals surface area contributed by atoms with Crippen molar-refractivity contribution in [3.8, 4) is 17.2 Å². The lowest BCUT2D eigenvalue weighted by Gasteiger charge is -2.34. The highest BCUT2D eigenvalue weighted by molar-refractivity contribution is 9.10. The van der Waals surface area contributed by atoms with E-state index >= 15 is 0 Å². The molecule has 4 rings (SSSR count). The van der Waals surface area contributed by atoms with Gasteiger partial charge in [-0.15, -0.1) is 0 Å². The molecule has 1 aliphatic heterocycles. The van der Waals surface area contributed by atoms with Crippen molar-refractivity contribution in [2.24, 2.45) is 0 Å². The molecule has 29 heavy (non-hydrogen) atoms. The molecule has 0 amide bonds. The smallest absolute Gasteiger partial charge is 0.203 e. The van der Waals surface area contributed by atoms with Gasteiger partial charge >= 0.3 is 0 Å². The second-order valence-corrected chi connectivity index (χ2v) is 7.56. The Labute approximate surface area is 178 Å². The largest absolute Gasteiger partial charge is 0.493 e. The van der Waals surface area contributed by atoms with Gasteiger partial charge in [0.05, 0.1) is 21.3 Å². The van der Waals surface area contributed by atoms with Crippen molar-refractivity contribution in [3.05, 3.63) is 81.8 Å². The lowest BCUT2D eigenvalue weighted by atomic mass is 9.97. The molecule has 1 N–H and O–H groups in total. The maximum absolute atomic E-state index is 6.53. The number of ether oxygens (including phenoxy) is 4. The van der Waals surface area contributed by atoms with E-state index < -0.39 is 0 Å². The van der Waals surface area contributed by atoms with E-state index in [0.717, 1.165) is 26.9 Å². The number of methoxy groups -OCH3 is 3. The SMILES string of the molecule is COc1cc([C@@H]2Nc3ccc(Br)cc3[C@@H](c3ccccc3)O2)cc(OC)c1OC. The van der Waals surface area contributed by atoms with Crippen LogP contribution in [-0.2, 0) is 4.74 Å². The predicted octanol–water partition coefficient (Wildman–Crippen LogP) is 5.71. The van der Waals surface area contributed by atoms with Gasteiger partial charge in [0.15, 0.2) is 17.7 Å². The van der Waals surface area contributed by atoms with Crippen LogP contribution in [-0.4, -0.2) is 21.3 Å². The number of benzene rings is 3. The molecule has 0 unspecified atom stereocenters. The van der Waals surface area contributed by atoms with Crippen LogP contribution < -0.4 is 19.5 Å². The number of hydrogen-bond donors (Lipinski definition) is 1. The molecular formula is C23H22BrNO4. The summed E-state index contributed by atoms with van der Waals surface area (Å²) in [5.74, 6) is 1.73. The number of nitrogens with one attached hydrogen (secondary N) is 1. The quantitative estimate of drug-likeness (QED) is 0.534. The Morgan fingerprint density at radius 3 is 2.14 bits per heavy atom. The van der Waals surface area contributed by atoms with Crippen LogP contribution in [0.1, 0.15) is 29.0 Å². The van der Waals surface area contributed by atoms with E-state index in [-0.39, 0.29) is 12.3 Å². The number of fused-ring (bicyclic) bond motifs is 1. The minimum Gasteiger partial charge on any atom is -0.493 e. The molecule has 5 nitrogen and oxygen atoms in total. The highest BCUT2D eigenvalue weighted by Gasteiger charge is 2.30. The molecule has 3 aromatic carbocycles. The van der Waals surface area contributed by atoms with Crippen LogP contribution in [0.5, 0.6) is 17.2 Å². The van der Waals surface area contributed by atoms with Crippen molar-refractivity contribution >= 4 is 21.6 Å². The summed E-state index contributed by atoms with van der Waals surface area (Å²) in [5, 5.41) is 3.49. The molecule has 0 saturated heterocycles. The Kier molecular flexibility index (Phi) is 5.65. The van der Waals surface area contributed by atoms with Crippen LogP contribution in [0.4, 0.5) is 5.69 Å². The molecule has 0 aliphatic carbocycles.